The summed E-state index contributed by atoms with van der Waals surface area (Å²) in [5.74, 6) is -0.252. The zero-order valence-corrected chi connectivity index (χ0v) is 16.5. The normalized spacial score (nSPS) is 10.6. The van der Waals surface area contributed by atoms with Gasteiger partial charge >= 0.3 is 0 Å². The van der Waals surface area contributed by atoms with Gasteiger partial charge < -0.3 is 5.32 Å². The number of nitro benzene ring substituents is 1. The van der Waals surface area contributed by atoms with Crippen LogP contribution in [0.3, 0.4) is 0 Å². The molecular formula is C23H19N5O3. The number of nitrogens with one attached hydrogen (secondary N) is 1. The molecule has 0 bridgehead atoms. The van der Waals surface area contributed by atoms with Gasteiger partial charge in [-0.05, 0) is 23.3 Å². The average molecular weight is 413 g/mol. The van der Waals surface area contributed by atoms with Gasteiger partial charge in [-0.2, -0.15) is 5.10 Å². The number of hydrogen-bond donors (Lipinski definition) is 1. The van der Waals surface area contributed by atoms with E-state index in [9.17, 15) is 14.9 Å². The summed E-state index contributed by atoms with van der Waals surface area (Å²) in [6.45, 7) is 1.03. The number of nitrogens with zero attached hydrogens (tertiary/aromatic N) is 4. The van der Waals surface area contributed by atoms with Crippen molar-refractivity contribution in [1.29, 1.82) is 0 Å². The first-order chi connectivity index (χ1) is 15.1. The molecule has 1 N–H and O–H groups in total. The molecule has 0 atom stereocenters. The maximum Gasteiger partial charge on any atom is 0.293 e. The Balaban J connectivity index is 1.46. The molecular weight excluding hydrogens is 394 g/mol. The number of carbonyl (C=O) groups is 1. The third-order valence-corrected chi connectivity index (χ3v) is 4.81. The average Bonchev–Trinajstić information content (AvgIpc) is 3.31. The predicted molar refractivity (Wildman–Crippen MR) is 116 cm³/mol. The second kappa shape index (κ2) is 9.00. The van der Waals surface area contributed by atoms with Gasteiger partial charge in [-0.3, -0.25) is 14.9 Å². The lowest BCUT2D eigenvalue weighted by molar-refractivity contribution is -0.384. The van der Waals surface area contributed by atoms with Crippen molar-refractivity contribution in [2.45, 2.75) is 13.1 Å². The van der Waals surface area contributed by atoms with Gasteiger partial charge in [-0.1, -0.05) is 54.6 Å². The van der Waals surface area contributed by atoms with E-state index in [1.807, 2.05) is 30.3 Å². The fourth-order valence-corrected chi connectivity index (χ4v) is 3.19. The topological polar surface area (TPSA) is 103 Å². The number of anilines is 1. The van der Waals surface area contributed by atoms with Gasteiger partial charge in [-0.25, -0.2) is 9.67 Å². The molecule has 0 amide bonds. The highest BCUT2D eigenvalue weighted by Gasteiger charge is 2.18. The lowest BCUT2D eigenvalue weighted by Gasteiger charge is -2.10. The smallest absolute Gasteiger partial charge is 0.293 e. The van der Waals surface area contributed by atoms with Crippen molar-refractivity contribution in [1.82, 2.24) is 14.8 Å². The summed E-state index contributed by atoms with van der Waals surface area (Å²) < 4.78 is 1.73. The summed E-state index contributed by atoms with van der Waals surface area (Å²) in [4.78, 5) is 27.6. The van der Waals surface area contributed by atoms with Gasteiger partial charge in [0.2, 0.25) is 0 Å². The van der Waals surface area contributed by atoms with Crippen molar-refractivity contribution in [3.05, 3.63) is 118 Å². The Labute approximate surface area is 178 Å². The fourth-order valence-electron chi connectivity index (χ4n) is 3.19. The summed E-state index contributed by atoms with van der Waals surface area (Å²) >= 11 is 0. The lowest BCUT2D eigenvalue weighted by Crippen LogP contribution is -2.06. The van der Waals surface area contributed by atoms with E-state index in [2.05, 4.69) is 15.4 Å². The van der Waals surface area contributed by atoms with E-state index in [0.717, 1.165) is 11.1 Å². The Hall–Kier alpha value is -4.33. The highest BCUT2D eigenvalue weighted by molar-refractivity contribution is 6.09. The van der Waals surface area contributed by atoms with Gasteiger partial charge in [0, 0.05) is 23.7 Å². The van der Waals surface area contributed by atoms with Gasteiger partial charge in [0.1, 0.15) is 18.3 Å². The van der Waals surface area contributed by atoms with Crippen LogP contribution in [0.4, 0.5) is 11.4 Å². The number of nitro groups is 1. The molecule has 0 fully saturated rings. The molecule has 8 heteroatoms. The zero-order valence-electron chi connectivity index (χ0n) is 16.5. The summed E-state index contributed by atoms with van der Waals surface area (Å²) in [7, 11) is 0. The Kier molecular flexibility index (Phi) is 5.79. The van der Waals surface area contributed by atoms with Gasteiger partial charge in [-0.15, -0.1) is 0 Å². The molecule has 1 aromatic heterocycles. The number of benzene rings is 3. The molecule has 0 aliphatic carbocycles. The number of carbonyl (C=O) groups excluding carboxylic acids is 1. The van der Waals surface area contributed by atoms with E-state index < -0.39 is 4.92 Å². The highest BCUT2D eigenvalue weighted by Crippen LogP contribution is 2.27. The monoisotopic (exact) mass is 413 g/mol. The molecule has 0 aliphatic rings. The quantitative estimate of drug-likeness (QED) is 0.265. The minimum absolute atomic E-state index is 0.135. The van der Waals surface area contributed by atoms with Crippen molar-refractivity contribution in [3.63, 3.8) is 0 Å². The van der Waals surface area contributed by atoms with E-state index >= 15 is 0 Å². The molecule has 0 unspecified atom stereocenters. The maximum absolute atomic E-state index is 12.6. The third-order valence-electron chi connectivity index (χ3n) is 4.81. The van der Waals surface area contributed by atoms with E-state index in [0.29, 0.717) is 24.3 Å². The standard InChI is InChI=1S/C23H19N5O3/c29-23(19-4-2-1-3-5-19)20-10-11-21(22(12-20)28(30)31)25-13-17-6-8-18(9-7-17)14-27-16-24-15-26-27/h1-12,15-16,25H,13-14H2. The largest absolute Gasteiger partial charge is 0.375 e. The van der Waals surface area contributed by atoms with Crippen LogP contribution in [0.2, 0.25) is 0 Å². The minimum atomic E-state index is -0.481. The molecule has 0 saturated heterocycles. The first-order valence-electron chi connectivity index (χ1n) is 9.62. The van der Waals surface area contributed by atoms with Crippen molar-refractivity contribution < 1.29 is 9.72 Å². The Morgan fingerprint density at radius 3 is 2.39 bits per heavy atom. The van der Waals surface area contributed by atoms with Crippen LogP contribution in [0.25, 0.3) is 0 Å². The molecule has 0 saturated carbocycles. The zero-order chi connectivity index (χ0) is 21.6. The van der Waals surface area contributed by atoms with Crippen molar-refractivity contribution in [3.8, 4) is 0 Å². The van der Waals surface area contributed by atoms with Crippen LogP contribution in [0.15, 0.2) is 85.5 Å². The first kappa shape index (κ1) is 20.0. The maximum atomic E-state index is 12.6. The Bertz CT molecular complexity index is 1190. The first-order valence-corrected chi connectivity index (χ1v) is 9.62. The highest BCUT2D eigenvalue weighted by atomic mass is 16.6. The molecule has 1 heterocycles. The van der Waals surface area contributed by atoms with Crippen LogP contribution >= 0.6 is 0 Å². The van der Waals surface area contributed by atoms with Gasteiger partial charge in [0.05, 0.1) is 11.5 Å². The van der Waals surface area contributed by atoms with Crippen LogP contribution in [-0.4, -0.2) is 25.5 Å². The molecule has 8 nitrogen and oxygen atoms in total. The Morgan fingerprint density at radius 2 is 1.71 bits per heavy atom. The van der Waals surface area contributed by atoms with Crippen LogP contribution < -0.4 is 5.32 Å². The van der Waals surface area contributed by atoms with Crippen LogP contribution in [-0.2, 0) is 13.1 Å². The summed E-state index contributed by atoms with van der Waals surface area (Å²) in [5, 5.41) is 18.8. The van der Waals surface area contributed by atoms with E-state index in [4.69, 9.17) is 0 Å². The number of ketones is 1. The van der Waals surface area contributed by atoms with Crippen LogP contribution in [0, 0.1) is 10.1 Å². The summed E-state index contributed by atoms with van der Waals surface area (Å²) in [6.07, 6.45) is 3.14. The van der Waals surface area contributed by atoms with Crippen LogP contribution in [0.1, 0.15) is 27.0 Å². The van der Waals surface area contributed by atoms with Crippen molar-refractivity contribution in [2.24, 2.45) is 0 Å². The van der Waals surface area contributed by atoms with Gasteiger partial charge in [0.15, 0.2) is 5.78 Å². The third kappa shape index (κ3) is 4.81. The lowest BCUT2D eigenvalue weighted by atomic mass is 10.0. The Morgan fingerprint density at radius 1 is 0.968 bits per heavy atom. The number of rotatable bonds is 8. The van der Waals surface area contributed by atoms with Crippen molar-refractivity contribution >= 4 is 17.2 Å². The molecule has 4 rings (SSSR count). The number of hydrogen-bond acceptors (Lipinski definition) is 6. The second-order valence-corrected chi connectivity index (χ2v) is 6.95. The fraction of sp³-hybridized carbons (Fsp3) is 0.0870. The molecule has 4 aromatic rings. The number of aromatic nitrogens is 3. The molecule has 0 radical (unpaired) electrons. The summed E-state index contributed by atoms with van der Waals surface area (Å²) in [5.41, 5.74) is 3.04. The second-order valence-electron chi connectivity index (χ2n) is 6.95. The van der Waals surface area contributed by atoms with Crippen LogP contribution in [0.5, 0.6) is 0 Å². The SMILES string of the molecule is O=C(c1ccccc1)c1ccc(NCc2ccc(Cn3cncn3)cc2)c([N+](=O)[O-])c1. The minimum Gasteiger partial charge on any atom is -0.375 e. The van der Waals surface area contributed by atoms with E-state index in [1.54, 1.807) is 47.4 Å². The predicted octanol–water partition coefficient (Wildman–Crippen LogP) is 4.08. The molecule has 154 valence electrons. The van der Waals surface area contributed by atoms with E-state index in [-0.39, 0.29) is 17.0 Å². The molecule has 0 aliphatic heterocycles. The van der Waals surface area contributed by atoms with E-state index in [1.165, 1.54) is 12.4 Å². The summed E-state index contributed by atoms with van der Waals surface area (Å²) in [6, 6.07) is 21.1. The molecule has 31 heavy (non-hydrogen) atoms. The van der Waals surface area contributed by atoms with Crippen molar-refractivity contribution in [2.75, 3.05) is 5.32 Å². The van der Waals surface area contributed by atoms with Gasteiger partial charge in [0.25, 0.3) is 5.69 Å². The molecule has 0 spiro atoms. The molecule has 3 aromatic carbocycles.